The lowest BCUT2D eigenvalue weighted by Gasteiger charge is -2.11. The number of aromatic nitrogens is 3. The van der Waals surface area contributed by atoms with Gasteiger partial charge in [-0.2, -0.15) is 18.3 Å². The van der Waals surface area contributed by atoms with E-state index in [1.165, 1.54) is 0 Å². The van der Waals surface area contributed by atoms with Crippen molar-refractivity contribution in [2.75, 3.05) is 0 Å². The minimum absolute atomic E-state index is 0.154. The second-order valence-corrected chi connectivity index (χ2v) is 5.32. The number of halogens is 4. The molecule has 0 aliphatic rings. The van der Waals surface area contributed by atoms with Gasteiger partial charge in [0.1, 0.15) is 0 Å². The number of fused-ring (bicyclic) bond motifs is 1. The van der Waals surface area contributed by atoms with E-state index < -0.39 is 11.9 Å². The van der Waals surface area contributed by atoms with Gasteiger partial charge in [-0.3, -0.25) is 0 Å². The lowest BCUT2D eigenvalue weighted by molar-refractivity contribution is -0.142. The first kappa shape index (κ1) is 14.1. The molecule has 2 heterocycles. The van der Waals surface area contributed by atoms with Crippen molar-refractivity contribution in [1.82, 2.24) is 14.6 Å². The van der Waals surface area contributed by atoms with Crippen LogP contribution in [-0.2, 0) is 6.18 Å². The molecule has 2 aromatic heterocycles. The van der Waals surface area contributed by atoms with E-state index in [9.17, 15) is 13.2 Å². The maximum Gasteiger partial charge on any atom is 0.433 e. The van der Waals surface area contributed by atoms with Crippen LogP contribution in [0.5, 0.6) is 0 Å². The third-order valence-corrected chi connectivity index (χ3v) is 3.98. The van der Waals surface area contributed by atoms with Crippen molar-refractivity contribution in [3.8, 4) is 11.3 Å². The summed E-state index contributed by atoms with van der Waals surface area (Å²) in [6, 6.07) is 9.76. The van der Waals surface area contributed by atoms with Crippen molar-refractivity contribution in [3.05, 3.63) is 52.3 Å². The largest absolute Gasteiger partial charge is 0.433 e. The first-order chi connectivity index (χ1) is 9.88. The van der Waals surface area contributed by atoms with E-state index in [1.807, 2.05) is 0 Å². The number of nitrogens with zero attached hydrogens (tertiary/aromatic N) is 3. The normalized spacial score (nSPS) is 12.0. The highest BCUT2D eigenvalue weighted by Crippen LogP contribution is 2.34. The van der Waals surface area contributed by atoms with Gasteiger partial charge in [-0.1, -0.05) is 30.3 Å². The van der Waals surface area contributed by atoms with E-state index >= 15 is 0 Å². The number of hydrogen-bond donors (Lipinski definition) is 0. The Morgan fingerprint density at radius 1 is 1.14 bits per heavy atom. The highest BCUT2D eigenvalue weighted by Gasteiger charge is 2.35. The van der Waals surface area contributed by atoms with E-state index in [4.69, 9.17) is 0 Å². The van der Waals surface area contributed by atoms with Crippen molar-refractivity contribution < 1.29 is 13.2 Å². The van der Waals surface area contributed by atoms with Crippen LogP contribution in [0.1, 0.15) is 11.4 Å². The van der Waals surface area contributed by atoms with Crippen molar-refractivity contribution in [2.45, 2.75) is 13.1 Å². The number of rotatable bonds is 1. The number of benzene rings is 1. The van der Waals surface area contributed by atoms with Crippen LogP contribution in [0.3, 0.4) is 0 Å². The van der Waals surface area contributed by atoms with Gasteiger partial charge in [0, 0.05) is 5.56 Å². The zero-order valence-corrected chi connectivity index (χ0v) is 12.4. The molecule has 0 saturated heterocycles. The van der Waals surface area contributed by atoms with Crippen LogP contribution in [-0.4, -0.2) is 14.6 Å². The summed E-state index contributed by atoms with van der Waals surface area (Å²) in [5, 5.41) is 3.90. The van der Waals surface area contributed by atoms with Gasteiger partial charge in [0.2, 0.25) is 0 Å². The molecule has 108 valence electrons. The predicted octanol–water partition coefficient (Wildman–Crippen LogP) is 4.49. The number of alkyl halides is 3. The van der Waals surface area contributed by atoms with Crippen molar-refractivity contribution >= 4 is 21.6 Å². The zero-order chi connectivity index (χ0) is 15.2. The third-order valence-electron chi connectivity index (χ3n) is 3.05. The highest BCUT2D eigenvalue weighted by atomic mass is 79.9. The Hall–Kier alpha value is -1.89. The topological polar surface area (TPSA) is 30.2 Å². The SMILES string of the molecule is Cc1nn2c(C(F)(F)F)cc(-c3ccccc3)nc2c1Br. The summed E-state index contributed by atoms with van der Waals surface area (Å²) in [5.41, 5.74) is 0.645. The van der Waals surface area contributed by atoms with Gasteiger partial charge in [-0.05, 0) is 28.9 Å². The van der Waals surface area contributed by atoms with Crippen LogP contribution in [0.25, 0.3) is 16.9 Å². The van der Waals surface area contributed by atoms with Crippen LogP contribution < -0.4 is 0 Å². The quantitative estimate of drug-likeness (QED) is 0.643. The Morgan fingerprint density at radius 3 is 2.43 bits per heavy atom. The first-order valence-electron chi connectivity index (χ1n) is 6.06. The van der Waals surface area contributed by atoms with Crippen molar-refractivity contribution in [2.24, 2.45) is 0 Å². The molecule has 3 rings (SSSR count). The third kappa shape index (κ3) is 2.42. The van der Waals surface area contributed by atoms with Gasteiger partial charge in [0.25, 0.3) is 0 Å². The zero-order valence-electron chi connectivity index (χ0n) is 10.8. The number of hydrogen-bond acceptors (Lipinski definition) is 2. The van der Waals surface area contributed by atoms with E-state index in [0.717, 1.165) is 10.6 Å². The molecule has 1 aromatic carbocycles. The molecule has 0 fully saturated rings. The fourth-order valence-corrected chi connectivity index (χ4v) is 2.39. The maximum atomic E-state index is 13.3. The average molecular weight is 356 g/mol. The van der Waals surface area contributed by atoms with E-state index in [2.05, 4.69) is 26.0 Å². The molecule has 0 amide bonds. The van der Waals surface area contributed by atoms with E-state index in [-0.39, 0.29) is 11.3 Å². The van der Waals surface area contributed by atoms with Crippen molar-refractivity contribution in [1.29, 1.82) is 0 Å². The summed E-state index contributed by atoms with van der Waals surface area (Å²) in [4.78, 5) is 4.29. The van der Waals surface area contributed by atoms with Gasteiger partial charge in [-0.15, -0.1) is 0 Å². The molecule has 21 heavy (non-hydrogen) atoms. The first-order valence-corrected chi connectivity index (χ1v) is 6.85. The fraction of sp³-hybridized carbons (Fsp3) is 0.143. The Labute approximate surface area is 126 Å². The summed E-state index contributed by atoms with van der Waals surface area (Å²) in [5.74, 6) is 0. The lowest BCUT2D eigenvalue weighted by Crippen LogP contribution is -2.13. The standard InChI is InChI=1S/C14H9BrF3N3/c1-8-12(15)13-19-10(9-5-3-2-4-6-9)7-11(14(16,17)18)21(13)20-8/h2-7H,1H3. The van der Waals surface area contributed by atoms with Crippen LogP contribution in [0.4, 0.5) is 13.2 Å². The molecule has 0 spiro atoms. The Morgan fingerprint density at radius 2 is 1.81 bits per heavy atom. The Kier molecular flexibility index (Phi) is 3.24. The minimum Gasteiger partial charge on any atom is -0.227 e. The summed E-state index contributed by atoms with van der Waals surface area (Å²) in [6.07, 6.45) is -4.51. The molecule has 0 aliphatic heterocycles. The molecule has 0 N–H and O–H groups in total. The summed E-state index contributed by atoms with van der Waals surface area (Å²) >= 11 is 3.25. The molecule has 3 aromatic rings. The summed E-state index contributed by atoms with van der Waals surface area (Å²) in [7, 11) is 0. The second kappa shape index (κ2) is 4.84. The molecular formula is C14H9BrF3N3. The molecule has 0 bridgehead atoms. The molecule has 0 unspecified atom stereocenters. The van der Waals surface area contributed by atoms with E-state index in [1.54, 1.807) is 37.3 Å². The molecule has 7 heteroatoms. The molecule has 0 radical (unpaired) electrons. The summed E-state index contributed by atoms with van der Waals surface area (Å²) in [6.45, 7) is 1.63. The molecular weight excluding hydrogens is 347 g/mol. The molecule has 0 atom stereocenters. The lowest BCUT2D eigenvalue weighted by atomic mass is 10.1. The number of aryl methyl sites for hydroxylation is 1. The van der Waals surface area contributed by atoms with E-state index in [0.29, 0.717) is 15.7 Å². The second-order valence-electron chi connectivity index (χ2n) is 4.53. The predicted molar refractivity (Wildman–Crippen MR) is 75.9 cm³/mol. The maximum absolute atomic E-state index is 13.3. The van der Waals surface area contributed by atoms with Gasteiger partial charge < -0.3 is 0 Å². The Balaban J connectivity index is 2.36. The van der Waals surface area contributed by atoms with Gasteiger partial charge in [0.15, 0.2) is 11.3 Å². The molecule has 0 aliphatic carbocycles. The van der Waals surface area contributed by atoms with Gasteiger partial charge >= 0.3 is 6.18 Å². The highest BCUT2D eigenvalue weighted by molar-refractivity contribution is 9.10. The molecule has 3 nitrogen and oxygen atoms in total. The van der Waals surface area contributed by atoms with Crippen LogP contribution in [0, 0.1) is 6.92 Å². The van der Waals surface area contributed by atoms with Crippen LogP contribution in [0.2, 0.25) is 0 Å². The van der Waals surface area contributed by atoms with Gasteiger partial charge in [0.05, 0.1) is 15.9 Å². The van der Waals surface area contributed by atoms with Crippen LogP contribution in [0.15, 0.2) is 40.9 Å². The fourth-order valence-electron chi connectivity index (χ4n) is 2.06. The monoisotopic (exact) mass is 355 g/mol. The average Bonchev–Trinajstić information content (AvgIpc) is 2.73. The van der Waals surface area contributed by atoms with Crippen molar-refractivity contribution in [3.63, 3.8) is 0 Å². The molecule has 0 saturated carbocycles. The van der Waals surface area contributed by atoms with Crippen LogP contribution >= 0.6 is 15.9 Å². The smallest absolute Gasteiger partial charge is 0.227 e. The minimum atomic E-state index is -4.51. The Bertz CT molecular complexity index is 810. The summed E-state index contributed by atoms with van der Waals surface area (Å²) < 4.78 is 41.0. The van der Waals surface area contributed by atoms with Gasteiger partial charge in [-0.25, -0.2) is 9.50 Å².